The molecule has 1 N–H and O–H groups in total. The molecule has 30 heavy (non-hydrogen) atoms. The molecule has 0 radical (unpaired) electrons. The van der Waals surface area contributed by atoms with Crippen LogP contribution < -0.4 is 0 Å². The van der Waals surface area contributed by atoms with Gasteiger partial charge in [0.25, 0.3) is 0 Å². The maximum absolute atomic E-state index is 13.5. The molecule has 6 atom stereocenters. The maximum atomic E-state index is 13.5. The minimum atomic E-state index is -3.96. The van der Waals surface area contributed by atoms with Gasteiger partial charge < -0.3 is 19.3 Å². The largest absolute Gasteiger partial charge is 0.444 e. The summed E-state index contributed by atoms with van der Waals surface area (Å²) in [5.74, 6) is -0.936. The summed E-state index contributed by atoms with van der Waals surface area (Å²) in [5.41, 5.74) is 0.151. The molecular formula is C21H29NO7S. The van der Waals surface area contributed by atoms with Gasteiger partial charge in [0.2, 0.25) is 0 Å². The second-order valence-corrected chi connectivity index (χ2v) is 11.9. The number of ether oxygens (including phenoxy) is 3. The predicted molar refractivity (Wildman–Crippen MR) is 108 cm³/mol. The molecule has 3 aliphatic heterocycles. The van der Waals surface area contributed by atoms with Crippen molar-refractivity contribution in [3.63, 3.8) is 0 Å². The minimum Gasteiger partial charge on any atom is -0.444 e. The van der Waals surface area contributed by atoms with E-state index >= 15 is 0 Å². The first-order valence-corrected chi connectivity index (χ1v) is 11.6. The number of hydrogen-bond donors (Lipinski definition) is 1. The Labute approximate surface area is 177 Å². The molecule has 3 saturated heterocycles. The smallest absolute Gasteiger partial charge is 0.411 e. The van der Waals surface area contributed by atoms with Gasteiger partial charge in [0.15, 0.2) is 15.6 Å². The number of nitrogens with zero attached hydrogens (tertiary/aromatic N) is 1. The average molecular weight is 440 g/mol. The van der Waals surface area contributed by atoms with Crippen molar-refractivity contribution < 1.29 is 32.5 Å². The lowest BCUT2D eigenvalue weighted by Crippen LogP contribution is -2.54. The first-order chi connectivity index (χ1) is 13.7. The van der Waals surface area contributed by atoms with Crippen molar-refractivity contribution in [3.8, 4) is 0 Å². The van der Waals surface area contributed by atoms with E-state index in [-0.39, 0.29) is 4.90 Å². The number of sulfone groups is 1. The van der Waals surface area contributed by atoms with Crippen LogP contribution in [-0.4, -0.2) is 71.6 Å². The summed E-state index contributed by atoms with van der Waals surface area (Å²) in [6, 6.07) is 4.67. The SMILES string of the molecule is Cc1ccc(S(=O)(=O)[C@H]2[C@H](O)[C@@H]3[C@H]4OC(C)(C)O[C@H]4[C@H]2N3C(=O)OC(C)(C)C)cc1. The molecule has 0 saturated carbocycles. The Hall–Kier alpha value is -1.68. The Bertz CT molecular complexity index is 951. The first-order valence-electron chi connectivity index (χ1n) is 10.1. The van der Waals surface area contributed by atoms with E-state index in [1.54, 1.807) is 46.8 Å². The lowest BCUT2D eigenvalue weighted by molar-refractivity contribution is -0.163. The second-order valence-electron chi connectivity index (χ2n) is 9.75. The molecule has 0 spiro atoms. The quantitative estimate of drug-likeness (QED) is 0.752. The Balaban J connectivity index is 1.76. The molecule has 1 amide bonds. The lowest BCUT2D eigenvalue weighted by atomic mass is 9.92. The molecule has 166 valence electrons. The fourth-order valence-electron chi connectivity index (χ4n) is 4.77. The summed E-state index contributed by atoms with van der Waals surface area (Å²) < 4.78 is 44.5. The summed E-state index contributed by atoms with van der Waals surface area (Å²) in [6.07, 6.45) is -3.31. The van der Waals surface area contributed by atoms with E-state index in [0.29, 0.717) is 0 Å². The van der Waals surface area contributed by atoms with Gasteiger partial charge in [-0.05, 0) is 53.7 Å². The molecule has 3 heterocycles. The minimum absolute atomic E-state index is 0.101. The van der Waals surface area contributed by atoms with Crippen molar-refractivity contribution in [2.45, 2.75) is 93.5 Å². The number of fused-ring (bicyclic) bond motifs is 5. The number of amides is 1. The molecule has 3 aliphatic rings. The molecule has 0 aliphatic carbocycles. The van der Waals surface area contributed by atoms with Crippen molar-refractivity contribution in [1.82, 2.24) is 4.90 Å². The van der Waals surface area contributed by atoms with Crippen LogP contribution in [0.15, 0.2) is 29.2 Å². The van der Waals surface area contributed by atoms with Crippen molar-refractivity contribution >= 4 is 15.9 Å². The molecule has 0 unspecified atom stereocenters. The van der Waals surface area contributed by atoms with Gasteiger partial charge in [0, 0.05) is 0 Å². The van der Waals surface area contributed by atoms with Gasteiger partial charge in [-0.2, -0.15) is 0 Å². The van der Waals surface area contributed by atoms with Crippen molar-refractivity contribution in [2.75, 3.05) is 0 Å². The molecule has 8 nitrogen and oxygen atoms in total. The Morgan fingerprint density at radius 2 is 1.63 bits per heavy atom. The molecule has 4 rings (SSSR count). The monoisotopic (exact) mass is 439 g/mol. The van der Waals surface area contributed by atoms with Crippen LogP contribution in [0.4, 0.5) is 4.79 Å². The zero-order valence-corrected chi connectivity index (χ0v) is 18.8. The molecule has 9 heteroatoms. The van der Waals surface area contributed by atoms with E-state index in [9.17, 15) is 18.3 Å². The Kier molecular flexibility index (Phi) is 4.78. The summed E-state index contributed by atoms with van der Waals surface area (Å²) in [4.78, 5) is 14.4. The van der Waals surface area contributed by atoms with Gasteiger partial charge in [-0.15, -0.1) is 0 Å². The highest BCUT2D eigenvalue weighted by molar-refractivity contribution is 7.92. The van der Waals surface area contributed by atoms with E-state index in [1.807, 2.05) is 6.92 Å². The zero-order valence-electron chi connectivity index (χ0n) is 18.0. The van der Waals surface area contributed by atoms with Gasteiger partial charge in [-0.3, -0.25) is 4.90 Å². The third-order valence-electron chi connectivity index (χ3n) is 5.81. The van der Waals surface area contributed by atoms with Crippen LogP contribution in [0.1, 0.15) is 40.2 Å². The van der Waals surface area contributed by atoms with Crippen LogP contribution >= 0.6 is 0 Å². The topological polar surface area (TPSA) is 102 Å². The van der Waals surface area contributed by atoms with E-state index < -0.39 is 63.0 Å². The number of aryl methyl sites for hydroxylation is 1. The van der Waals surface area contributed by atoms with E-state index in [2.05, 4.69) is 0 Å². The van der Waals surface area contributed by atoms with Gasteiger partial charge in [-0.25, -0.2) is 13.2 Å². The number of rotatable bonds is 2. The molecule has 2 bridgehead atoms. The number of benzene rings is 1. The highest BCUT2D eigenvalue weighted by Gasteiger charge is 2.72. The number of aliphatic hydroxyl groups is 1. The number of carbonyl (C=O) groups is 1. The van der Waals surface area contributed by atoms with Crippen LogP contribution in [0.3, 0.4) is 0 Å². The van der Waals surface area contributed by atoms with Crippen LogP contribution in [0.25, 0.3) is 0 Å². The van der Waals surface area contributed by atoms with Gasteiger partial charge >= 0.3 is 6.09 Å². The Morgan fingerprint density at radius 3 is 2.17 bits per heavy atom. The van der Waals surface area contributed by atoms with E-state index in [1.165, 1.54) is 17.0 Å². The third-order valence-corrected chi connectivity index (χ3v) is 8.02. The van der Waals surface area contributed by atoms with Gasteiger partial charge in [-0.1, -0.05) is 17.7 Å². The fraction of sp³-hybridized carbons (Fsp3) is 0.667. The van der Waals surface area contributed by atoms with Crippen LogP contribution in [-0.2, 0) is 24.0 Å². The zero-order chi connectivity index (χ0) is 22.2. The van der Waals surface area contributed by atoms with Crippen molar-refractivity contribution in [2.24, 2.45) is 0 Å². The Morgan fingerprint density at radius 1 is 1.10 bits per heavy atom. The lowest BCUT2D eigenvalue weighted by Gasteiger charge is -2.31. The normalized spacial score (nSPS) is 34.8. The summed E-state index contributed by atoms with van der Waals surface area (Å²) in [6.45, 7) is 10.5. The van der Waals surface area contributed by atoms with Gasteiger partial charge in [0.1, 0.15) is 23.1 Å². The molecule has 0 aromatic heterocycles. The standard InChI is InChI=1S/C21H29NO7S/c1-11-7-9-12(10-8-11)30(25,26)18-14-17-16(27-21(5,6)28-17)13(15(18)23)22(14)19(24)29-20(2,3)4/h7-10,13-18,23H,1-6H3/t13-,14-,15-,16-,17+,18-/m1/s1. The highest BCUT2D eigenvalue weighted by atomic mass is 32.2. The number of hydrogen-bond acceptors (Lipinski definition) is 7. The van der Waals surface area contributed by atoms with E-state index in [0.717, 1.165) is 5.56 Å². The molecule has 1 aromatic rings. The van der Waals surface area contributed by atoms with Crippen LogP contribution in [0, 0.1) is 6.92 Å². The average Bonchev–Trinajstić information content (AvgIpc) is 3.16. The molecule has 3 fully saturated rings. The van der Waals surface area contributed by atoms with Gasteiger partial charge in [0.05, 0.1) is 23.1 Å². The first kappa shape index (κ1) is 21.5. The third kappa shape index (κ3) is 3.32. The second kappa shape index (κ2) is 6.66. The fourth-order valence-corrected chi connectivity index (χ4v) is 6.78. The van der Waals surface area contributed by atoms with E-state index in [4.69, 9.17) is 14.2 Å². The highest BCUT2D eigenvalue weighted by Crippen LogP contribution is 2.51. The summed E-state index contributed by atoms with van der Waals surface area (Å²) >= 11 is 0. The number of carbonyl (C=O) groups excluding carboxylic acids is 1. The maximum Gasteiger partial charge on any atom is 0.411 e. The molecular weight excluding hydrogens is 410 g/mol. The number of aliphatic hydroxyl groups excluding tert-OH is 1. The predicted octanol–water partition coefficient (Wildman–Crippen LogP) is 2.02. The van der Waals surface area contributed by atoms with Crippen LogP contribution in [0.2, 0.25) is 0 Å². The van der Waals surface area contributed by atoms with Crippen molar-refractivity contribution in [1.29, 1.82) is 0 Å². The molecule has 1 aromatic carbocycles. The van der Waals surface area contributed by atoms with Crippen molar-refractivity contribution in [3.05, 3.63) is 29.8 Å². The summed E-state index contributed by atoms with van der Waals surface area (Å²) in [5, 5.41) is 9.86. The van der Waals surface area contributed by atoms with Crippen LogP contribution in [0.5, 0.6) is 0 Å². The summed E-state index contributed by atoms with van der Waals surface area (Å²) in [7, 11) is -3.96.